The fraction of sp³-hybridized carbons (Fsp3) is 0.368. The van der Waals surface area contributed by atoms with Crippen molar-refractivity contribution in [2.24, 2.45) is 0 Å². The van der Waals surface area contributed by atoms with Crippen molar-refractivity contribution in [2.45, 2.75) is 31.4 Å². The van der Waals surface area contributed by atoms with Gasteiger partial charge in [-0.2, -0.15) is 0 Å². The fourth-order valence-corrected chi connectivity index (χ4v) is 2.97. The molecule has 2 amide bonds. The molecule has 0 radical (unpaired) electrons. The summed E-state index contributed by atoms with van der Waals surface area (Å²) < 4.78 is 18.9. The van der Waals surface area contributed by atoms with Gasteiger partial charge in [0.25, 0.3) is 0 Å². The van der Waals surface area contributed by atoms with Crippen molar-refractivity contribution in [1.29, 1.82) is 0 Å². The molecule has 2 atom stereocenters. The number of nitrogens with zero attached hydrogens (tertiary/aromatic N) is 1. The molecule has 1 saturated heterocycles. The van der Waals surface area contributed by atoms with E-state index in [1.807, 2.05) is 18.2 Å². The predicted octanol–water partition coefficient (Wildman–Crippen LogP) is 2.98. The number of amides is 2. The Kier molecular flexibility index (Phi) is 5.95. The van der Waals surface area contributed by atoms with Gasteiger partial charge in [0.05, 0.1) is 12.1 Å². The van der Waals surface area contributed by atoms with E-state index in [0.29, 0.717) is 19.6 Å². The first-order chi connectivity index (χ1) is 12.2. The minimum Gasteiger partial charge on any atom is -0.376 e. The Labute approximate surface area is 146 Å². The summed E-state index contributed by atoms with van der Waals surface area (Å²) >= 11 is 0. The molecule has 1 aromatic carbocycles. The van der Waals surface area contributed by atoms with E-state index < -0.39 is 0 Å². The van der Waals surface area contributed by atoms with Gasteiger partial charge in [-0.25, -0.2) is 9.18 Å². The van der Waals surface area contributed by atoms with Gasteiger partial charge < -0.3 is 15.4 Å². The number of halogens is 1. The first-order valence-corrected chi connectivity index (χ1v) is 8.54. The van der Waals surface area contributed by atoms with E-state index in [4.69, 9.17) is 4.74 Å². The highest BCUT2D eigenvalue weighted by molar-refractivity contribution is 5.74. The summed E-state index contributed by atoms with van der Waals surface area (Å²) in [6.07, 6.45) is 4.14. The van der Waals surface area contributed by atoms with Crippen LogP contribution in [0.2, 0.25) is 0 Å². The number of hydrogen-bond donors (Lipinski definition) is 2. The van der Waals surface area contributed by atoms with Gasteiger partial charge in [0.15, 0.2) is 0 Å². The largest absolute Gasteiger partial charge is 0.376 e. The molecule has 132 valence electrons. The minimum atomic E-state index is -0.297. The zero-order valence-corrected chi connectivity index (χ0v) is 14.0. The van der Waals surface area contributed by atoms with Gasteiger partial charge in [0.1, 0.15) is 5.82 Å². The quantitative estimate of drug-likeness (QED) is 0.847. The highest BCUT2D eigenvalue weighted by atomic mass is 19.1. The molecule has 5 nitrogen and oxygen atoms in total. The fourth-order valence-electron chi connectivity index (χ4n) is 2.97. The monoisotopic (exact) mass is 343 g/mol. The minimum absolute atomic E-state index is 0.0907. The van der Waals surface area contributed by atoms with Crippen molar-refractivity contribution in [1.82, 2.24) is 15.6 Å². The van der Waals surface area contributed by atoms with Gasteiger partial charge in [-0.05, 0) is 42.7 Å². The molecular weight excluding hydrogens is 321 g/mol. The summed E-state index contributed by atoms with van der Waals surface area (Å²) in [7, 11) is 0. The van der Waals surface area contributed by atoms with Gasteiger partial charge in [0.2, 0.25) is 0 Å². The molecule has 2 aromatic rings. The molecule has 1 aliphatic heterocycles. The molecule has 0 bridgehead atoms. The third-order valence-corrected chi connectivity index (χ3v) is 4.25. The van der Waals surface area contributed by atoms with Crippen molar-refractivity contribution in [3.05, 3.63) is 65.7 Å². The van der Waals surface area contributed by atoms with Gasteiger partial charge in [-0.1, -0.05) is 18.2 Å². The molecule has 6 heteroatoms. The summed E-state index contributed by atoms with van der Waals surface area (Å²) in [5.74, 6) is -0.297. The van der Waals surface area contributed by atoms with Crippen molar-refractivity contribution < 1.29 is 13.9 Å². The molecule has 0 aliphatic carbocycles. The Morgan fingerprint density at radius 1 is 1.28 bits per heavy atom. The number of carbonyl (C=O) groups is 1. The van der Waals surface area contributed by atoms with Crippen molar-refractivity contribution in [3.8, 4) is 0 Å². The van der Waals surface area contributed by atoms with Crippen molar-refractivity contribution >= 4 is 6.03 Å². The smallest absolute Gasteiger partial charge is 0.315 e. The standard InChI is InChI=1S/C19H22FN3O2/c20-15-8-6-14(7-9-15)18(17-5-3-13-25-17)23-19(24)22-12-10-16-4-1-2-11-21-16/h1-2,4,6-9,11,17-18H,3,5,10,12-13H2,(H2,22,23,24)/t17-,18-/m0/s1. The number of ether oxygens (including phenoxy) is 1. The Bertz CT molecular complexity index is 673. The van der Waals surface area contributed by atoms with Crippen LogP contribution < -0.4 is 10.6 Å². The Hall–Kier alpha value is -2.47. The molecule has 1 aromatic heterocycles. The van der Waals surface area contributed by atoms with Crippen LogP contribution in [0.5, 0.6) is 0 Å². The lowest BCUT2D eigenvalue weighted by atomic mass is 9.99. The summed E-state index contributed by atoms with van der Waals surface area (Å²) in [6.45, 7) is 1.18. The highest BCUT2D eigenvalue weighted by Gasteiger charge is 2.28. The SMILES string of the molecule is O=C(NCCc1ccccn1)N[C@@H](c1ccc(F)cc1)[C@@H]1CCCO1. The Morgan fingerprint density at radius 2 is 2.12 bits per heavy atom. The van der Waals surface area contributed by atoms with E-state index in [0.717, 1.165) is 24.1 Å². The molecule has 3 rings (SSSR count). The van der Waals surface area contributed by atoms with Crippen LogP contribution in [0.3, 0.4) is 0 Å². The number of nitrogens with one attached hydrogen (secondary N) is 2. The number of aromatic nitrogens is 1. The van der Waals surface area contributed by atoms with Crippen LogP contribution >= 0.6 is 0 Å². The number of benzene rings is 1. The third-order valence-electron chi connectivity index (χ3n) is 4.25. The molecule has 1 aliphatic rings. The van der Waals surface area contributed by atoms with Gasteiger partial charge in [0, 0.05) is 31.5 Å². The number of hydrogen-bond acceptors (Lipinski definition) is 3. The van der Waals surface area contributed by atoms with E-state index in [2.05, 4.69) is 15.6 Å². The van der Waals surface area contributed by atoms with Crippen molar-refractivity contribution in [3.63, 3.8) is 0 Å². The lowest BCUT2D eigenvalue weighted by molar-refractivity contribution is 0.0807. The van der Waals surface area contributed by atoms with E-state index in [-0.39, 0.29) is 24.0 Å². The highest BCUT2D eigenvalue weighted by Crippen LogP contribution is 2.27. The number of urea groups is 1. The molecule has 2 heterocycles. The topological polar surface area (TPSA) is 63.2 Å². The van der Waals surface area contributed by atoms with Crippen LogP contribution in [-0.4, -0.2) is 30.3 Å². The zero-order chi connectivity index (χ0) is 17.5. The Morgan fingerprint density at radius 3 is 2.80 bits per heavy atom. The van der Waals surface area contributed by atoms with E-state index in [9.17, 15) is 9.18 Å². The molecule has 0 saturated carbocycles. The predicted molar refractivity (Wildman–Crippen MR) is 92.6 cm³/mol. The second kappa shape index (κ2) is 8.58. The average molecular weight is 343 g/mol. The molecular formula is C19H22FN3O2. The second-order valence-corrected chi connectivity index (χ2v) is 6.05. The molecule has 1 fully saturated rings. The third kappa shape index (κ3) is 5.00. The molecule has 2 N–H and O–H groups in total. The summed E-state index contributed by atoms with van der Waals surface area (Å²) in [5, 5.41) is 5.81. The van der Waals surface area contributed by atoms with Crippen LogP contribution in [-0.2, 0) is 11.2 Å². The number of pyridine rings is 1. The molecule has 25 heavy (non-hydrogen) atoms. The average Bonchev–Trinajstić information content (AvgIpc) is 3.16. The van der Waals surface area contributed by atoms with Crippen LogP contribution in [0.15, 0.2) is 48.7 Å². The van der Waals surface area contributed by atoms with E-state index >= 15 is 0 Å². The van der Waals surface area contributed by atoms with E-state index in [1.54, 1.807) is 18.3 Å². The normalized spacial score (nSPS) is 17.9. The van der Waals surface area contributed by atoms with Crippen LogP contribution in [0, 0.1) is 5.82 Å². The first kappa shape index (κ1) is 17.4. The van der Waals surface area contributed by atoms with Crippen molar-refractivity contribution in [2.75, 3.05) is 13.2 Å². The first-order valence-electron chi connectivity index (χ1n) is 8.54. The second-order valence-electron chi connectivity index (χ2n) is 6.05. The number of carbonyl (C=O) groups excluding carboxylic acids is 1. The van der Waals surface area contributed by atoms with Crippen LogP contribution in [0.4, 0.5) is 9.18 Å². The molecule has 0 unspecified atom stereocenters. The molecule has 0 spiro atoms. The maximum absolute atomic E-state index is 13.2. The van der Waals surface area contributed by atoms with Gasteiger partial charge in [-0.3, -0.25) is 4.98 Å². The van der Waals surface area contributed by atoms with Crippen LogP contribution in [0.25, 0.3) is 0 Å². The lowest BCUT2D eigenvalue weighted by Gasteiger charge is -2.25. The zero-order valence-electron chi connectivity index (χ0n) is 14.0. The van der Waals surface area contributed by atoms with Crippen LogP contribution in [0.1, 0.15) is 30.1 Å². The Balaban J connectivity index is 1.57. The maximum Gasteiger partial charge on any atom is 0.315 e. The number of rotatable bonds is 6. The lowest BCUT2D eigenvalue weighted by Crippen LogP contribution is -2.42. The summed E-state index contributed by atoms with van der Waals surface area (Å²) in [5.41, 5.74) is 1.77. The van der Waals surface area contributed by atoms with Gasteiger partial charge >= 0.3 is 6.03 Å². The van der Waals surface area contributed by atoms with E-state index in [1.165, 1.54) is 12.1 Å². The maximum atomic E-state index is 13.2. The van der Waals surface area contributed by atoms with Gasteiger partial charge in [-0.15, -0.1) is 0 Å². The summed E-state index contributed by atoms with van der Waals surface area (Å²) in [6, 6.07) is 11.3. The summed E-state index contributed by atoms with van der Waals surface area (Å²) in [4.78, 5) is 16.5.